The first-order valence-corrected chi connectivity index (χ1v) is 14.9. The number of aryl methyl sites for hydroxylation is 2. The van der Waals surface area contributed by atoms with Gasteiger partial charge in [0.15, 0.2) is 0 Å². The number of pyridine rings is 2. The summed E-state index contributed by atoms with van der Waals surface area (Å²) in [7, 11) is 1.37. The molecule has 224 valence electrons. The fraction of sp³-hybridized carbons (Fsp3) is 0.394. The van der Waals surface area contributed by atoms with Crippen molar-refractivity contribution in [2.75, 3.05) is 25.1 Å². The molecule has 8 nitrogen and oxygen atoms in total. The topological polar surface area (TPSA) is 80.6 Å². The second kappa shape index (κ2) is 10.6. The van der Waals surface area contributed by atoms with E-state index in [4.69, 9.17) is 26.3 Å². The zero-order chi connectivity index (χ0) is 30.8. The van der Waals surface area contributed by atoms with Crippen LogP contribution in [0.1, 0.15) is 65.7 Å². The van der Waals surface area contributed by atoms with Gasteiger partial charge in [0, 0.05) is 35.8 Å². The molecule has 6 rings (SSSR count). The Morgan fingerprint density at radius 1 is 1.02 bits per heavy atom. The number of esters is 1. The average Bonchev–Trinajstić information content (AvgIpc) is 3.47. The molecule has 2 atom stereocenters. The van der Waals surface area contributed by atoms with Crippen molar-refractivity contribution in [3.8, 4) is 11.1 Å². The van der Waals surface area contributed by atoms with Gasteiger partial charge in [0.05, 0.1) is 35.5 Å². The third-order valence-electron chi connectivity index (χ3n) is 8.64. The number of fused-ring (bicyclic) bond motifs is 3. The molecule has 4 aromatic rings. The fourth-order valence-electron chi connectivity index (χ4n) is 6.56. The minimum atomic E-state index is -0.481. The molecule has 0 saturated carbocycles. The third kappa shape index (κ3) is 5.03. The lowest BCUT2D eigenvalue weighted by Gasteiger charge is -2.41. The van der Waals surface area contributed by atoms with Crippen LogP contribution < -0.4 is 4.90 Å². The van der Waals surface area contributed by atoms with Crippen molar-refractivity contribution < 1.29 is 18.7 Å². The van der Waals surface area contributed by atoms with Gasteiger partial charge in [-0.15, -0.1) is 0 Å². The van der Waals surface area contributed by atoms with Crippen molar-refractivity contribution in [3.05, 3.63) is 75.9 Å². The quantitative estimate of drug-likeness (QED) is 0.246. The number of halogens is 2. The van der Waals surface area contributed by atoms with E-state index in [2.05, 4.69) is 25.7 Å². The number of aromatic nitrogens is 3. The van der Waals surface area contributed by atoms with Gasteiger partial charge in [0.25, 0.3) is 5.91 Å². The second-order valence-corrected chi connectivity index (χ2v) is 12.9. The first kappa shape index (κ1) is 29.1. The summed E-state index contributed by atoms with van der Waals surface area (Å²) in [5.74, 6) is -0.152. The molecule has 2 aliphatic heterocycles. The maximum absolute atomic E-state index is 14.4. The number of hydrogen-bond donors (Lipinski definition) is 0. The Kier molecular flexibility index (Phi) is 7.19. The van der Waals surface area contributed by atoms with Crippen LogP contribution in [0, 0.1) is 19.7 Å². The molecule has 1 aromatic carbocycles. The molecule has 3 aromatic heterocycles. The van der Waals surface area contributed by atoms with Gasteiger partial charge < -0.3 is 19.1 Å². The number of piperazine rings is 1. The van der Waals surface area contributed by atoms with Gasteiger partial charge in [0.2, 0.25) is 0 Å². The summed E-state index contributed by atoms with van der Waals surface area (Å²) in [5.41, 5.74) is 4.22. The molecule has 1 amide bonds. The van der Waals surface area contributed by atoms with Crippen LogP contribution in [-0.4, -0.2) is 63.6 Å². The molecule has 0 spiro atoms. The van der Waals surface area contributed by atoms with Gasteiger partial charge in [0.1, 0.15) is 23.0 Å². The van der Waals surface area contributed by atoms with E-state index in [9.17, 15) is 14.0 Å². The van der Waals surface area contributed by atoms with E-state index in [0.717, 1.165) is 35.2 Å². The molecule has 0 N–H and O–H groups in total. The van der Waals surface area contributed by atoms with E-state index >= 15 is 0 Å². The highest BCUT2D eigenvalue weighted by atomic mass is 35.5. The minimum absolute atomic E-state index is 0.0217. The summed E-state index contributed by atoms with van der Waals surface area (Å²) < 4.78 is 21.3. The first-order valence-electron chi connectivity index (χ1n) is 14.5. The number of methoxy groups -OCH3 is 1. The highest BCUT2D eigenvalue weighted by Crippen LogP contribution is 2.37. The summed E-state index contributed by atoms with van der Waals surface area (Å²) in [6, 6.07) is 10.4. The number of anilines is 1. The predicted molar refractivity (Wildman–Crippen MR) is 165 cm³/mol. The molecule has 2 saturated heterocycles. The molecule has 5 heterocycles. The second-order valence-electron chi connectivity index (χ2n) is 12.5. The number of carbonyl (C=O) groups is 2. The Bertz CT molecular complexity index is 1740. The van der Waals surface area contributed by atoms with Crippen molar-refractivity contribution in [2.24, 2.45) is 0 Å². The Labute approximate surface area is 255 Å². The largest absolute Gasteiger partial charge is 0.465 e. The van der Waals surface area contributed by atoms with Crippen molar-refractivity contribution in [1.29, 1.82) is 0 Å². The van der Waals surface area contributed by atoms with Crippen LogP contribution >= 0.6 is 11.6 Å². The average molecular weight is 604 g/mol. The van der Waals surface area contributed by atoms with Crippen LogP contribution in [-0.2, 0) is 10.3 Å². The molecule has 0 unspecified atom stereocenters. The van der Waals surface area contributed by atoms with E-state index in [1.807, 2.05) is 41.6 Å². The molecule has 2 bridgehead atoms. The summed E-state index contributed by atoms with van der Waals surface area (Å²) in [6.45, 7) is 11.2. The minimum Gasteiger partial charge on any atom is -0.465 e. The zero-order valence-corrected chi connectivity index (χ0v) is 26.0. The summed E-state index contributed by atoms with van der Waals surface area (Å²) in [4.78, 5) is 40.1. The van der Waals surface area contributed by atoms with Gasteiger partial charge in [-0.3, -0.25) is 4.79 Å². The number of rotatable bonds is 4. The smallest absolute Gasteiger partial charge is 0.339 e. The van der Waals surface area contributed by atoms with Crippen molar-refractivity contribution in [2.45, 2.75) is 65.1 Å². The normalized spacial score (nSPS) is 18.4. The Morgan fingerprint density at radius 3 is 2.33 bits per heavy atom. The van der Waals surface area contributed by atoms with E-state index in [0.29, 0.717) is 41.3 Å². The predicted octanol–water partition coefficient (Wildman–Crippen LogP) is 6.54. The highest BCUT2D eigenvalue weighted by molar-refractivity contribution is 6.30. The van der Waals surface area contributed by atoms with Crippen molar-refractivity contribution >= 4 is 40.3 Å². The van der Waals surface area contributed by atoms with Crippen LogP contribution in [0.4, 0.5) is 10.2 Å². The third-order valence-corrected chi connectivity index (χ3v) is 8.94. The molecule has 10 heteroatoms. The SMILES string of the molecule is COC(=O)c1c(C)cc(N2C[C@H]3CC[C@@H](C2)N3C(=O)c2ccc3c(-c4ccc(Cl)c(F)c4)cn(C(C)(C)C)c3n2)nc1C. The van der Waals surface area contributed by atoms with Crippen LogP contribution in [0.25, 0.3) is 22.2 Å². The Morgan fingerprint density at radius 2 is 1.72 bits per heavy atom. The maximum atomic E-state index is 14.4. The van der Waals surface area contributed by atoms with E-state index in [1.54, 1.807) is 18.2 Å². The number of benzene rings is 1. The van der Waals surface area contributed by atoms with E-state index < -0.39 is 5.82 Å². The summed E-state index contributed by atoms with van der Waals surface area (Å²) >= 11 is 5.94. The van der Waals surface area contributed by atoms with E-state index in [-0.39, 0.29) is 34.5 Å². The molecule has 0 radical (unpaired) electrons. The highest BCUT2D eigenvalue weighted by Gasteiger charge is 2.44. The number of amides is 1. The van der Waals surface area contributed by atoms with Crippen molar-refractivity contribution in [3.63, 3.8) is 0 Å². The van der Waals surface area contributed by atoms with E-state index in [1.165, 1.54) is 13.2 Å². The number of hydrogen-bond acceptors (Lipinski definition) is 6. The Hall–Kier alpha value is -3.98. The number of carbonyl (C=O) groups excluding carboxylic acids is 2. The first-order chi connectivity index (χ1) is 20.4. The van der Waals surface area contributed by atoms with Gasteiger partial charge in [-0.05, 0) is 88.9 Å². The lowest BCUT2D eigenvalue weighted by Crippen LogP contribution is -2.56. The van der Waals surface area contributed by atoms with Crippen LogP contribution in [0.2, 0.25) is 5.02 Å². The fourth-order valence-corrected chi connectivity index (χ4v) is 6.68. The number of ether oxygens (including phenoxy) is 1. The molecular weight excluding hydrogens is 569 g/mol. The molecule has 43 heavy (non-hydrogen) atoms. The van der Waals surface area contributed by atoms with Gasteiger partial charge in [-0.1, -0.05) is 17.7 Å². The van der Waals surface area contributed by atoms with Crippen molar-refractivity contribution in [1.82, 2.24) is 19.4 Å². The van der Waals surface area contributed by atoms with Gasteiger partial charge in [-0.2, -0.15) is 0 Å². The summed E-state index contributed by atoms with van der Waals surface area (Å²) in [6.07, 6.45) is 3.77. The van der Waals surface area contributed by atoms with Gasteiger partial charge in [-0.25, -0.2) is 19.2 Å². The Balaban J connectivity index is 1.31. The van der Waals surface area contributed by atoms with Crippen LogP contribution in [0.5, 0.6) is 0 Å². The zero-order valence-electron chi connectivity index (χ0n) is 25.2. The van der Waals surface area contributed by atoms with Crippen LogP contribution in [0.3, 0.4) is 0 Å². The standard InChI is InChI=1S/C33H35ClFN5O3/c1-18-13-28(36-19(2)29(18)32(42)43-6)38-15-21-8-9-22(16-38)40(21)31(41)27-12-10-23-24(20-7-11-25(34)26(35)14-20)17-39(30(23)37-27)33(3,4)5/h7,10-14,17,21-22H,8-9,15-16H2,1-6H3/t21-,22+. The molecular formula is C33H35ClFN5O3. The molecule has 2 fully saturated rings. The van der Waals surface area contributed by atoms with Gasteiger partial charge >= 0.3 is 5.97 Å². The molecule has 0 aliphatic carbocycles. The van der Waals surface area contributed by atoms with Crippen LogP contribution in [0.15, 0.2) is 42.6 Å². The monoisotopic (exact) mass is 603 g/mol. The lowest BCUT2D eigenvalue weighted by atomic mass is 10.1. The maximum Gasteiger partial charge on any atom is 0.339 e. The summed E-state index contributed by atoms with van der Waals surface area (Å²) in [5, 5.41) is 0.913. The number of nitrogens with zero attached hydrogens (tertiary/aromatic N) is 5. The lowest BCUT2D eigenvalue weighted by molar-refractivity contribution is 0.0595. The molecule has 2 aliphatic rings.